The van der Waals surface area contributed by atoms with Crippen LogP contribution in [-0.4, -0.2) is 58.9 Å². The normalized spacial score (nSPS) is 16.0. The van der Waals surface area contributed by atoms with Gasteiger partial charge in [0.25, 0.3) is 5.91 Å². The highest BCUT2D eigenvalue weighted by atomic mass is 35.5. The number of hydrogen-bond acceptors (Lipinski definition) is 9. The Labute approximate surface area is 330 Å². The fourth-order valence-corrected chi connectivity index (χ4v) is 8.68. The Morgan fingerprint density at radius 3 is 2.59 bits per heavy atom. The monoisotopic (exact) mass is 780 g/mol. The zero-order valence-electron chi connectivity index (χ0n) is 30.4. The number of amides is 3. The molecular formula is C42H33ClN8O4S. The van der Waals surface area contributed by atoms with E-state index in [0.29, 0.717) is 42.5 Å². The molecule has 9 rings (SSSR count). The van der Waals surface area contributed by atoms with Crippen LogP contribution in [0.25, 0.3) is 5.00 Å². The third-order valence-electron chi connectivity index (χ3n) is 10.2. The Morgan fingerprint density at radius 2 is 1.79 bits per heavy atom. The number of aromatic nitrogens is 5. The van der Waals surface area contributed by atoms with Gasteiger partial charge < -0.3 is 9.64 Å². The lowest BCUT2D eigenvalue weighted by Crippen LogP contribution is -2.52. The van der Waals surface area contributed by atoms with E-state index in [9.17, 15) is 14.4 Å². The summed E-state index contributed by atoms with van der Waals surface area (Å²) in [6.07, 6.45) is 4.23. The molecule has 0 spiro atoms. The molecule has 6 aromatic rings. The Kier molecular flexibility index (Phi) is 9.07. The number of hydrogen-bond donors (Lipinski definition) is 1. The number of carbonyl (C=O) groups is 3. The van der Waals surface area contributed by atoms with Gasteiger partial charge >= 0.3 is 0 Å². The molecule has 12 nitrogen and oxygen atoms in total. The number of carbonyl (C=O) groups excluding carboxylic acids is 3. The number of imide groups is 1. The molecule has 0 radical (unpaired) electrons. The molecular weight excluding hydrogens is 748 g/mol. The third kappa shape index (κ3) is 6.56. The number of benzene rings is 3. The second-order valence-electron chi connectivity index (χ2n) is 13.9. The van der Waals surface area contributed by atoms with Crippen molar-refractivity contribution in [1.82, 2.24) is 34.8 Å². The van der Waals surface area contributed by atoms with Crippen molar-refractivity contribution >= 4 is 46.4 Å². The summed E-state index contributed by atoms with van der Waals surface area (Å²) in [6.45, 7) is 5.58. The van der Waals surface area contributed by atoms with Gasteiger partial charge in [-0.1, -0.05) is 65.9 Å². The molecule has 14 heteroatoms. The molecule has 0 saturated carbocycles. The van der Waals surface area contributed by atoms with Crippen LogP contribution < -0.4 is 10.1 Å². The van der Waals surface area contributed by atoms with Crippen LogP contribution in [0, 0.1) is 25.7 Å². The van der Waals surface area contributed by atoms with E-state index < -0.39 is 11.9 Å². The lowest BCUT2D eigenvalue weighted by Gasteiger charge is -2.29. The van der Waals surface area contributed by atoms with Crippen LogP contribution >= 0.6 is 22.9 Å². The van der Waals surface area contributed by atoms with Gasteiger partial charge in [0, 0.05) is 39.9 Å². The van der Waals surface area contributed by atoms with Crippen LogP contribution in [0.5, 0.6) is 5.75 Å². The SMILES string of the molecule is Cc1c(C#Cc2cnn(Cc3ccc(COc4cccc5c4CN(C4CCC(=O)NC4=O)C5=O)cc3)c2)sc2c1C(c1ccc(Cl)cc1)=NCc1nnc(C)n1-2. The highest BCUT2D eigenvalue weighted by molar-refractivity contribution is 7.15. The lowest BCUT2D eigenvalue weighted by molar-refractivity contribution is -0.136. The number of aliphatic imine (C=N–C) groups is 1. The van der Waals surface area contributed by atoms with Crippen molar-refractivity contribution in [2.75, 3.05) is 0 Å². The van der Waals surface area contributed by atoms with E-state index in [0.717, 1.165) is 66.2 Å². The van der Waals surface area contributed by atoms with Crippen LogP contribution in [-0.2, 0) is 35.8 Å². The van der Waals surface area contributed by atoms with Crippen molar-refractivity contribution in [2.24, 2.45) is 4.99 Å². The van der Waals surface area contributed by atoms with Gasteiger partial charge in [0.2, 0.25) is 11.8 Å². The zero-order valence-corrected chi connectivity index (χ0v) is 31.9. The maximum Gasteiger partial charge on any atom is 0.255 e. The predicted octanol–water partition coefficient (Wildman–Crippen LogP) is 5.93. The van der Waals surface area contributed by atoms with Crippen LogP contribution in [0.3, 0.4) is 0 Å². The Hall–Kier alpha value is -6.36. The van der Waals surface area contributed by atoms with Gasteiger partial charge in [-0.05, 0) is 61.2 Å². The van der Waals surface area contributed by atoms with E-state index in [1.54, 1.807) is 29.7 Å². The van der Waals surface area contributed by atoms with Gasteiger partial charge in [-0.15, -0.1) is 21.5 Å². The smallest absolute Gasteiger partial charge is 0.255 e. The van der Waals surface area contributed by atoms with E-state index in [1.807, 2.05) is 72.4 Å². The van der Waals surface area contributed by atoms with E-state index in [4.69, 9.17) is 21.3 Å². The number of aryl methyl sites for hydroxylation is 1. The van der Waals surface area contributed by atoms with Gasteiger partial charge in [0.05, 0.1) is 35.4 Å². The summed E-state index contributed by atoms with van der Waals surface area (Å²) < 4.78 is 10.1. The number of nitrogens with one attached hydrogen (secondary N) is 1. The fourth-order valence-electron chi connectivity index (χ4n) is 7.32. The minimum Gasteiger partial charge on any atom is -0.489 e. The maximum atomic E-state index is 13.2. The Morgan fingerprint density at radius 1 is 0.982 bits per heavy atom. The average Bonchev–Trinajstić information content (AvgIpc) is 3.94. The largest absolute Gasteiger partial charge is 0.489 e. The van der Waals surface area contributed by atoms with Gasteiger partial charge in [-0.25, -0.2) is 0 Å². The highest BCUT2D eigenvalue weighted by Gasteiger charge is 2.40. The van der Waals surface area contributed by atoms with Gasteiger partial charge in [-0.3, -0.25) is 33.9 Å². The minimum atomic E-state index is -0.675. The molecule has 1 saturated heterocycles. The predicted molar refractivity (Wildman–Crippen MR) is 210 cm³/mol. The van der Waals surface area contributed by atoms with Gasteiger partial charge in [0.15, 0.2) is 5.82 Å². The number of thiophene rings is 1. The van der Waals surface area contributed by atoms with E-state index in [2.05, 4.69) is 43.9 Å². The van der Waals surface area contributed by atoms with Crippen molar-refractivity contribution in [1.29, 1.82) is 0 Å². The summed E-state index contributed by atoms with van der Waals surface area (Å²) in [5.41, 5.74) is 8.02. The summed E-state index contributed by atoms with van der Waals surface area (Å²) in [6, 6.07) is 20.5. The Bertz CT molecular complexity index is 2660. The molecule has 3 aliphatic heterocycles. The summed E-state index contributed by atoms with van der Waals surface area (Å²) >= 11 is 7.82. The number of nitrogens with zero attached hydrogens (tertiary/aromatic N) is 7. The molecule has 3 amide bonds. The minimum absolute atomic E-state index is 0.207. The number of ether oxygens (including phenoxy) is 1. The van der Waals surface area contributed by atoms with Crippen LogP contribution in [0.2, 0.25) is 5.02 Å². The highest BCUT2D eigenvalue weighted by Crippen LogP contribution is 2.37. The topological polar surface area (TPSA) is 137 Å². The zero-order chi connectivity index (χ0) is 38.5. The van der Waals surface area contributed by atoms with Crippen LogP contribution in [0.4, 0.5) is 0 Å². The summed E-state index contributed by atoms with van der Waals surface area (Å²) in [7, 11) is 0. The summed E-state index contributed by atoms with van der Waals surface area (Å²) in [4.78, 5) is 44.7. The van der Waals surface area contributed by atoms with E-state index >= 15 is 0 Å². The van der Waals surface area contributed by atoms with Crippen molar-refractivity contribution in [3.8, 4) is 22.6 Å². The van der Waals surface area contributed by atoms with Crippen molar-refractivity contribution < 1.29 is 19.1 Å². The van der Waals surface area contributed by atoms with Crippen LogP contribution in [0.1, 0.15) is 78.7 Å². The first-order chi connectivity index (χ1) is 27.2. The molecule has 1 N–H and O–H groups in total. The van der Waals surface area contributed by atoms with Crippen molar-refractivity contribution in [3.63, 3.8) is 0 Å². The Balaban J connectivity index is 0.871. The lowest BCUT2D eigenvalue weighted by atomic mass is 10.00. The van der Waals surface area contributed by atoms with Crippen LogP contribution in [0.15, 0.2) is 84.1 Å². The number of rotatable bonds is 7. The number of halogens is 1. The molecule has 3 aromatic carbocycles. The van der Waals surface area contributed by atoms with Crippen molar-refractivity contribution in [2.45, 2.75) is 59.0 Å². The molecule has 6 heterocycles. The quantitative estimate of drug-likeness (QED) is 0.157. The molecule has 278 valence electrons. The molecule has 1 atom stereocenters. The van der Waals surface area contributed by atoms with E-state index in [-0.39, 0.29) is 24.8 Å². The van der Waals surface area contributed by atoms with Crippen molar-refractivity contribution in [3.05, 3.63) is 145 Å². The average molecular weight is 781 g/mol. The first-order valence-electron chi connectivity index (χ1n) is 18.1. The molecule has 3 aromatic heterocycles. The maximum absolute atomic E-state index is 13.2. The number of piperidine rings is 1. The second kappa shape index (κ2) is 14.4. The van der Waals surface area contributed by atoms with Gasteiger partial charge in [-0.2, -0.15) is 5.10 Å². The first kappa shape index (κ1) is 35.3. The summed E-state index contributed by atoms with van der Waals surface area (Å²) in [5.74, 6) is 7.93. The fraction of sp³-hybridized carbons (Fsp3) is 0.214. The molecule has 1 unspecified atom stereocenters. The summed E-state index contributed by atoms with van der Waals surface area (Å²) in [5, 5.41) is 17.3. The molecule has 0 bridgehead atoms. The third-order valence-corrected chi connectivity index (χ3v) is 11.7. The molecule has 1 fully saturated rings. The number of fused-ring (bicyclic) bond motifs is 4. The standard InChI is InChI=1S/C42H33ClN8O4S/c1-24-35(56-42-38(24)39(29-11-13-30(43)14-12-29)44-19-36-48-47-25(2)51(36)42)16-10-28-18-45-49(21-28)20-26-6-8-27(9-7-26)23-55-34-5-3-4-31-32(34)22-50(41(31)54)33-15-17-37(52)46-40(33)53/h3-9,11-14,18,21,33H,15,17,19-20,22-23H2,1-2H3,(H,46,52,53). The van der Waals surface area contributed by atoms with E-state index in [1.165, 1.54) is 4.90 Å². The molecule has 56 heavy (non-hydrogen) atoms. The molecule has 3 aliphatic rings. The first-order valence-corrected chi connectivity index (χ1v) is 19.3. The second-order valence-corrected chi connectivity index (χ2v) is 15.3. The molecule has 0 aliphatic carbocycles. The van der Waals surface area contributed by atoms with Gasteiger partial charge in [0.1, 0.15) is 35.8 Å².